The van der Waals surface area contributed by atoms with Crippen molar-refractivity contribution in [1.29, 1.82) is 0 Å². The van der Waals surface area contributed by atoms with Gasteiger partial charge in [0.1, 0.15) is 11.9 Å². The van der Waals surface area contributed by atoms with Crippen LogP contribution < -0.4 is 10.1 Å². The van der Waals surface area contributed by atoms with Gasteiger partial charge in [-0.2, -0.15) is 0 Å². The minimum atomic E-state index is -0.134. The maximum Gasteiger partial charge on any atom is 0.224 e. The smallest absolute Gasteiger partial charge is 0.224 e. The van der Waals surface area contributed by atoms with Crippen molar-refractivity contribution in [3.8, 4) is 5.75 Å². The number of nitrogens with zero attached hydrogens (tertiary/aromatic N) is 1. The molecule has 1 aliphatic rings. The minimum Gasteiger partial charge on any atom is -0.496 e. The molecule has 0 spiro atoms. The van der Waals surface area contributed by atoms with Gasteiger partial charge in [0.05, 0.1) is 19.6 Å². The molecule has 0 radical (unpaired) electrons. The van der Waals surface area contributed by atoms with Gasteiger partial charge in [-0.1, -0.05) is 24.3 Å². The van der Waals surface area contributed by atoms with Gasteiger partial charge in [0.25, 0.3) is 0 Å². The van der Waals surface area contributed by atoms with Gasteiger partial charge in [0, 0.05) is 30.1 Å². The molecule has 1 aliphatic heterocycles. The fraction of sp³-hybridized carbons (Fsp3) is 0.333. The second-order valence-corrected chi connectivity index (χ2v) is 5.53. The van der Waals surface area contributed by atoms with E-state index in [1.165, 1.54) is 0 Å². The Morgan fingerprint density at radius 1 is 1.35 bits per heavy atom. The Hall–Kier alpha value is -2.40. The summed E-state index contributed by atoms with van der Waals surface area (Å²) in [6.07, 6.45) is 4.48. The molecule has 3 rings (SSSR count). The fourth-order valence-electron chi connectivity index (χ4n) is 2.89. The number of pyridine rings is 1. The van der Waals surface area contributed by atoms with Gasteiger partial charge in [-0.15, -0.1) is 0 Å². The van der Waals surface area contributed by atoms with E-state index < -0.39 is 0 Å². The topological polar surface area (TPSA) is 60.5 Å². The summed E-state index contributed by atoms with van der Waals surface area (Å²) < 4.78 is 11.1. The Kier molecular flexibility index (Phi) is 4.88. The number of carbonyl (C=O) groups is 1. The summed E-state index contributed by atoms with van der Waals surface area (Å²) in [7, 11) is 1.61. The van der Waals surface area contributed by atoms with Gasteiger partial charge in [0.15, 0.2) is 0 Å². The maximum absolute atomic E-state index is 12.4. The molecule has 2 atom stereocenters. The van der Waals surface area contributed by atoms with Crippen molar-refractivity contribution in [3.63, 3.8) is 0 Å². The van der Waals surface area contributed by atoms with Gasteiger partial charge >= 0.3 is 0 Å². The molecule has 0 bridgehead atoms. The Morgan fingerprint density at radius 2 is 2.22 bits per heavy atom. The van der Waals surface area contributed by atoms with E-state index in [0.717, 1.165) is 23.3 Å². The molecule has 0 unspecified atom stereocenters. The van der Waals surface area contributed by atoms with E-state index in [1.807, 2.05) is 36.4 Å². The van der Waals surface area contributed by atoms with Crippen molar-refractivity contribution in [3.05, 3.63) is 59.9 Å². The quantitative estimate of drug-likeness (QED) is 0.920. The maximum atomic E-state index is 12.4. The highest BCUT2D eigenvalue weighted by Gasteiger charge is 2.31. The molecular weight excluding hydrogens is 292 g/mol. The lowest BCUT2D eigenvalue weighted by Gasteiger charge is -2.20. The zero-order valence-electron chi connectivity index (χ0n) is 13.1. The first-order chi connectivity index (χ1) is 11.3. The standard InChI is InChI=1S/C18H20N2O3/c1-22-16-7-3-2-5-13(16)11-17(21)20-15-8-10-23-18(15)14-6-4-9-19-12-14/h2-7,9,12,15,18H,8,10-11H2,1H3,(H,20,21)/t15-,18+/m0/s1. The van der Waals surface area contributed by atoms with E-state index in [2.05, 4.69) is 10.3 Å². The molecular formula is C18H20N2O3. The van der Waals surface area contributed by atoms with Crippen molar-refractivity contribution in [1.82, 2.24) is 10.3 Å². The number of hydrogen-bond acceptors (Lipinski definition) is 4. The van der Waals surface area contributed by atoms with Crippen LogP contribution in [0, 0.1) is 0 Å². The molecule has 0 saturated carbocycles. The lowest BCUT2D eigenvalue weighted by molar-refractivity contribution is -0.121. The first-order valence-corrected chi connectivity index (χ1v) is 7.70. The van der Waals surface area contributed by atoms with Crippen LogP contribution in [-0.2, 0) is 16.0 Å². The van der Waals surface area contributed by atoms with Crippen molar-refractivity contribution in [2.45, 2.75) is 25.0 Å². The van der Waals surface area contributed by atoms with E-state index >= 15 is 0 Å². The highest BCUT2D eigenvalue weighted by molar-refractivity contribution is 5.79. The van der Waals surface area contributed by atoms with Crippen LogP contribution in [0.2, 0.25) is 0 Å². The normalized spacial score (nSPS) is 20.2. The molecule has 1 saturated heterocycles. The number of rotatable bonds is 5. The molecule has 5 nitrogen and oxygen atoms in total. The summed E-state index contributed by atoms with van der Waals surface area (Å²) in [6.45, 7) is 0.638. The van der Waals surface area contributed by atoms with Crippen LogP contribution in [0.4, 0.5) is 0 Å². The molecule has 1 aromatic heterocycles. The number of benzene rings is 1. The highest BCUT2D eigenvalue weighted by atomic mass is 16.5. The number of aromatic nitrogens is 1. The molecule has 5 heteroatoms. The summed E-state index contributed by atoms with van der Waals surface area (Å²) in [6, 6.07) is 11.4. The van der Waals surface area contributed by atoms with Gasteiger partial charge in [-0.05, 0) is 18.6 Å². The Balaban J connectivity index is 1.65. The number of carbonyl (C=O) groups excluding carboxylic acids is 1. The number of hydrogen-bond donors (Lipinski definition) is 1. The van der Waals surface area contributed by atoms with Crippen molar-refractivity contribution in [2.75, 3.05) is 13.7 Å². The Labute approximate surface area is 135 Å². The van der Waals surface area contributed by atoms with Gasteiger partial charge in [0.2, 0.25) is 5.91 Å². The Bertz CT molecular complexity index is 660. The van der Waals surface area contributed by atoms with Crippen LogP contribution >= 0.6 is 0 Å². The number of ether oxygens (including phenoxy) is 2. The van der Waals surface area contributed by atoms with E-state index in [0.29, 0.717) is 13.0 Å². The molecule has 2 heterocycles. The van der Waals surface area contributed by atoms with E-state index in [-0.39, 0.29) is 18.1 Å². The lowest BCUT2D eigenvalue weighted by atomic mass is 10.0. The van der Waals surface area contributed by atoms with Crippen LogP contribution in [-0.4, -0.2) is 30.6 Å². The lowest BCUT2D eigenvalue weighted by Crippen LogP contribution is -2.37. The average Bonchev–Trinajstić information content (AvgIpc) is 3.04. The summed E-state index contributed by atoms with van der Waals surface area (Å²) in [4.78, 5) is 16.5. The monoisotopic (exact) mass is 312 g/mol. The third-order valence-electron chi connectivity index (χ3n) is 3.99. The van der Waals surface area contributed by atoms with Crippen LogP contribution in [0.3, 0.4) is 0 Å². The SMILES string of the molecule is COc1ccccc1CC(=O)N[C@H]1CCO[C@@H]1c1cccnc1. The largest absolute Gasteiger partial charge is 0.496 e. The number of methoxy groups -OCH3 is 1. The molecule has 1 amide bonds. The van der Waals surface area contributed by atoms with Crippen LogP contribution in [0.1, 0.15) is 23.7 Å². The first-order valence-electron chi connectivity index (χ1n) is 7.70. The number of amides is 1. The fourth-order valence-corrected chi connectivity index (χ4v) is 2.89. The highest BCUT2D eigenvalue weighted by Crippen LogP contribution is 2.28. The van der Waals surface area contributed by atoms with Crippen molar-refractivity contribution < 1.29 is 14.3 Å². The van der Waals surface area contributed by atoms with Crippen LogP contribution in [0.25, 0.3) is 0 Å². The molecule has 2 aromatic rings. The third-order valence-corrected chi connectivity index (χ3v) is 3.99. The zero-order chi connectivity index (χ0) is 16.1. The molecule has 1 fully saturated rings. The predicted octanol–water partition coefficient (Wildman–Crippen LogP) is 2.28. The number of nitrogens with one attached hydrogen (secondary N) is 1. The van der Waals surface area contributed by atoms with Crippen molar-refractivity contribution in [2.24, 2.45) is 0 Å². The summed E-state index contributed by atoms with van der Waals surface area (Å²) in [5, 5.41) is 3.08. The van der Waals surface area contributed by atoms with Crippen molar-refractivity contribution >= 4 is 5.91 Å². The van der Waals surface area contributed by atoms with Crippen LogP contribution in [0.5, 0.6) is 5.75 Å². The second-order valence-electron chi connectivity index (χ2n) is 5.53. The second kappa shape index (κ2) is 7.24. The minimum absolute atomic E-state index is 0.0265. The molecule has 1 aromatic carbocycles. The van der Waals surface area contributed by atoms with E-state index in [1.54, 1.807) is 19.5 Å². The summed E-state index contributed by atoms with van der Waals surface area (Å²) >= 11 is 0. The van der Waals surface area contributed by atoms with E-state index in [9.17, 15) is 4.79 Å². The molecule has 0 aliphatic carbocycles. The summed E-state index contributed by atoms with van der Waals surface area (Å²) in [5.74, 6) is 0.702. The molecule has 120 valence electrons. The van der Waals surface area contributed by atoms with E-state index in [4.69, 9.17) is 9.47 Å². The van der Waals surface area contributed by atoms with Gasteiger partial charge in [-0.3, -0.25) is 9.78 Å². The molecule has 1 N–H and O–H groups in total. The first kappa shape index (κ1) is 15.5. The number of para-hydroxylation sites is 1. The average molecular weight is 312 g/mol. The predicted molar refractivity (Wildman–Crippen MR) is 86.2 cm³/mol. The molecule has 23 heavy (non-hydrogen) atoms. The van der Waals surface area contributed by atoms with Crippen LogP contribution in [0.15, 0.2) is 48.8 Å². The third kappa shape index (κ3) is 3.68. The van der Waals surface area contributed by atoms with Gasteiger partial charge in [-0.25, -0.2) is 0 Å². The van der Waals surface area contributed by atoms with Gasteiger partial charge < -0.3 is 14.8 Å². The zero-order valence-corrected chi connectivity index (χ0v) is 13.1. The Morgan fingerprint density at radius 3 is 3.00 bits per heavy atom. The summed E-state index contributed by atoms with van der Waals surface area (Å²) in [5.41, 5.74) is 1.87.